The van der Waals surface area contributed by atoms with Crippen molar-refractivity contribution in [2.24, 2.45) is 28.6 Å². The molecule has 3 aliphatic carbocycles. The Bertz CT molecular complexity index is 1530. The fourth-order valence-corrected chi connectivity index (χ4v) is 8.07. The molecule has 0 radical (unpaired) electrons. The van der Waals surface area contributed by atoms with Crippen LogP contribution in [0.25, 0.3) is 11.0 Å². The van der Waals surface area contributed by atoms with Crippen LogP contribution >= 0.6 is 0 Å². The number of fused-ring (bicyclic) bond motifs is 2. The second-order valence-corrected chi connectivity index (χ2v) is 14.0. The van der Waals surface area contributed by atoms with E-state index in [9.17, 15) is 9.90 Å². The molecule has 1 aromatic carbocycles. The van der Waals surface area contributed by atoms with Gasteiger partial charge in [0, 0.05) is 56.1 Å². The van der Waals surface area contributed by atoms with Gasteiger partial charge in [-0.1, -0.05) is 38.8 Å². The van der Waals surface area contributed by atoms with Gasteiger partial charge in [0.1, 0.15) is 22.7 Å². The van der Waals surface area contributed by atoms with Gasteiger partial charge in [0.15, 0.2) is 0 Å². The van der Waals surface area contributed by atoms with E-state index in [0.29, 0.717) is 22.3 Å². The number of nitrogens with zero attached hydrogens (tertiary/aromatic N) is 3. The summed E-state index contributed by atoms with van der Waals surface area (Å²) in [7, 11) is 0. The van der Waals surface area contributed by atoms with E-state index in [2.05, 4.69) is 47.5 Å². The number of H-pyrrole nitrogens is 1. The highest BCUT2D eigenvalue weighted by molar-refractivity contribution is 5.92. The van der Waals surface area contributed by atoms with E-state index < -0.39 is 5.97 Å². The van der Waals surface area contributed by atoms with Gasteiger partial charge in [0.25, 0.3) is 0 Å². The Kier molecular flexibility index (Phi) is 6.23. The van der Waals surface area contributed by atoms with Gasteiger partial charge in [-0.15, -0.1) is 0 Å². The van der Waals surface area contributed by atoms with Gasteiger partial charge in [-0.25, -0.2) is 9.78 Å². The maximum absolute atomic E-state index is 12.0. The highest BCUT2D eigenvalue weighted by Crippen LogP contribution is 2.86. The molecule has 3 aromatic rings. The lowest BCUT2D eigenvalue weighted by Crippen LogP contribution is -2.47. The predicted molar refractivity (Wildman–Crippen MR) is 162 cm³/mol. The number of carbonyl (C=O) groups is 1. The molecule has 0 amide bonds. The van der Waals surface area contributed by atoms with E-state index >= 15 is 0 Å². The number of ether oxygens (including phenoxy) is 1. The van der Waals surface area contributed by atoms with Crippen molar-refractivity contribution in [3.8, 4) is 11.5 Å². The molecule has 7 heteroatoms. The van der Waals surface area contributed by atoms with Crippen molar-refractivity contribution in [2.75, 3.05) is 37.6 Å². The number of rotatable bonds is 8. The first kappa shape index (κ1) is 26.6. The van der Waals surface area contributed by atoms with Crippen molar-refractivity contribution in [3.05, 3.63) is 59.4 Å². The molecule has 2 N–H and O–H groups in total. The van der Waals surface area contributed by atoms with Crippen LogP contribution in [0.5, 0.6) is 11.5 Å². The summed E-state index contributed by atoms with van der Waals surface area (Å²) >= 11 is 0. The molecule has 3 fully saturated rings. The first-order valence-electron chi connectivity index (χ1n) is 15.3. The number of benzene rings is 1. The third-order valence-electron chi connectivity index (χ3n) is 10.4. The van der Waals surface area contributed by atoms with Crippen LogP contribution in [-0.2, 0) is 0 Å². The number of aromatic nitrogens is 2. The van der Waals surface area contributed by atoms with Crippen LogP contribution in [0.1, 0.15) is 63.7 Å². The normalized spacial score (nSPS) is 27.3. The number of anilines is 1. The highest BCUT2D eigenvalue weighted by atomic mass is 16.5. The average molecular weight is 555 g/mol. The SMILES string of the molecule is CC(C)C1C2CC21C1=C(CN2CCN(c3ccc(C(=O)O)c(Oc4cnc5[nH]ccc5c4)c3)CC2)CCC(C)(C)C1. The zero-order valence-corrected chi connectivity index (χ0v) is 24.7. The minimum absolute atomic E-state index is 0.152. The van der Waals surface area contributed by atoms with Crippen molar-refractivity contribution in [3.63, 3.8) is 0 Å². The summed E-state index contributed by atoms with van der Waals surface area (Å²) in [5, 5.41) is 10.7. The van der Waals surface area contributed by atoms with Gasteiger partial charge in [0.05, 0.1) is 6.20 Å². The van der Waals surface area contributed by atoms with Crippen molar-refractivity contribution < 1.29 is 14.6 Å². The molecule has 2 aromatic heterocycles. The summed E-state index contributed by atoms with van der Waals surface area (Å²) < 4.78 is 6.10. The zero-order valence-electron chi connectivity index (χ0n) is 24.7. The number of aromatic amines is 1. The molecule has 1 saturated heterocycles. The summed E-state index contributed by atoms with van der Waals surface area (Å²) in [5.41, 5.74) is 6.50. The van der Waals surface area contributed by atoms with Crippen molar-refractivity contribution in [1.82, 2.24) is 14.9 Å². The molecule has 0 spiro atoms. The fraction of sp³-hybridized carbons (Fsp3) is 0.529. The quantitative estimate of drug-likeness (QED) is 0.293. The molecular weight excluding hydrogens is 512 g/mol. The Balaban J connectivity index is 1.05. The largest absolute Gasteiger partial charge is 0.478 e. The number of nitrogens with one attached hydrogen (secondary N) is 1. The molecule has 3 atom stereocenters. The van der Waals surface area contributed by atoms with Gasteiger partial charge in [-0.05, 0) is 78.5 Å². The minimum Gasteiger partial charge on any atom is -0.478 e. The van der Waals surface area contributed by atoms with E-state index in [1.165, 1.54) is 25.7 Å². The number of aromatic carboxylic acids is 1. The first-order chi connectivity index (χ1) is 19.6. The zero-order chi connectivity index (χ0) is 28.5. The van der Waals surface area contributed by atoms with E-state index in [0.717, 1.165) is 67.2 Å². The van der Waals surface area contributed by atoms with E-state index in [1.54, 1.807) is 17.8 Å². The fourth-order valence-electron chi connectivity index (χ4n) is 8.07. The molecule has 41 heavy (non-hydrogen) atoms. The molecule has 3 heterocycles. The van der Waals surface area contributed by atoms with E-state index in [1.807, 2.05) is 36.0 Å². The molecule has 7 nitrogen and oxygen atoms in total. The lowest BCUT2D eigenvalue weighted by Gasteiger charge is -2.40. The third kappa shape index (κ3) is 4.72. The monoisotopic (exact) mass is 554 g/mol. The number of carboxylic acid groups (broad SMARTS) is 1. The summed E-state index contributed by atoms with van der Waals surface area (Å²) in [4.78, 5) is 24.4. The average Bonchev–Trinajstić information content (AvgIpc) is 3.75. The number of hydrogen-bond donors (Lipinski definition) is 2. The topological polar surface area (TPSA) is 81.7 Å². The summed E-state index contributed by atoms with van der Waals surface area (Å²) in [6.45, 7) is 14.7. The lowest BCUT2D eigenvalue weighted by molar-refractivity contribution is 0.0694. The number of pyridine rings is 1. The number of allylic oxidation sites excluding steroid dienone is 1. The Hall–Kier alpha value is -3.32. The Morgan fingerprint density at radius 1 is 1.17 bits per heavy atom. The summed E-state index contributed by atoms with van der Waals surface area (Å²) in [6.07, 6.45) is 8.72. The van der Waals surface area contributed by atoms with Gasteiger partial charge in [-0.3, -0.25) is 4.90 Å². The highest BCUT2D eigenvalue weighted by Gasteiger charge is 2.80. The van der Waals surface area contributed by atoms with Crippen LogP contribution in [-0.4, -0.2) is 58.7 Å². The van der Waals surface area contributed by atoms with Gasteiger partial charge in [0.2, 0.25) is 0 Å². The van der Waals surface area contributed by atoms with Crippen LogP contribution in [0.2, 0.25) is 0 Å². The molecule has 3 unspecified atom stereocenters. The molecule has 1 aliphatic heterocycles. The predicted octanol–water partition coefficient (Wildman–Crippen LogP) is 6.97. The first-order valence-corrected chi connectivity index (χ1v) is 15.3. The number of piperazine rings is 1. The van der Waals surface area contributed by atoms with Gasteiger partial charge >= 0.3 is 5.97 Å². The Labute approximate surface area is 242 Å². The number of hydrogen-bond acceptors (Lipinski definition) is 5. The van der Waals surface area contributed by atoms with Crippen LogP contribution < -0.4 is 9.64 Å². The summed E-state index contributed by atoms with van der Waals surface area (Å²) in [6, 6.07) is 9.24. The molecule has 7 rings (SSSR count). The molecule has 216 valence electrons. The Morgan fingerprint density at radius 2 is 1.98 bits per heavy atom. The van der Waals surface area contributed by atoms with Crippen LogP contribution in [0.3, 0.4) is 0 Å². The molecule has 0 bridgehead atoms. The smallest absolute Gasteiger partial charge is 0.339 e. The van der Waals surface area contributed by atoms with Crippen LogP contribution in [0, 0.1) is 28.6 Å². The maximum Gasteiger partial charge on any atom is 0.339 e. The second-order valence-electron chi connectivity index (χ2n) is 14.0. The molecular formula is C34H42N4O3. The Morgan fingerprint density at radius 3 is 2.68 bits per heavy atom. The maximum atomic E-state index is 12.0. The van der Waals surface area contributed by atoms with Crippen molar-refractivity contribution in [2.45, 2.75) is 53.4 Å². The minimum atomic E-state index is -1.00. The second kappa shape index (κ2) is 9.62. The molecule has 2 saturated carbocycles. The third-order valence-corrected chi connectivity index (χ3v) is 10.4. The number of carboxylic acids is 1. The standard InChI is InChI=1S/C34H42N4O3/c1-21(2)30-28-18-34(28,30)27-17-33(3,4)9-7-23(27)20-37-11-13-38(14-12-37)24-5-6-26(32(39)40)29(16-24)41-25-15-22-8-10-35-31(22)36-19-25/h5-6,8,10,15-16,19,21,28,30H,7,9,11-14,17-18,20H2,1-4H3,(H,35,36)(H,39,40). The van der Waals surface area contributed by atoms with Gasteiger partial charge in [-0.2, -0.15) is 0 Å². The summed E-state index contributed by atoms with van der Waals surface area (Å²) in [5.74, 6) is 2.54. The van der Waals surface area contributed by atoms with Crippen LogP contribution in [0.4, 0.5) is 5.69 Å². The van der Waals surface area contributed by atoms with E-state index in [4.69, 9.17) is 4.74 Å². The molecule has 4 aliphatic rings. The lowest BCUT2D eigenvalue weighted by atomic mass is 9.70. The van der Waals surface area contributed by atoms with Gasteiger partial charge < -0.3 is 19.7 Å². The van der Waals surface area contributed by atoms with Crippen molar-refractivity contribution in [1.29, 1.82) is 0 Å². The van der Waals surface area contributed by atoms with E-state index in [-0.39, 0.29) is 5.56 Å². The van der Waals surface area contributed by atoms with Crippen molar-refractivity contribution >= 4 is 22.7 Å². The van der Waals surface area contributed by atoms with Crippen LogP contribution in [0.15, 0.2) is 53.9 Å².